The van der Waals surface area contributed by atoms with Crippen molar-refractivity contribution in [3.05, 3.63) is 35.6 Å². The molecule has 1 aliphatic carbocycles. The number of hydrogen-bond acceptors (Lipinski definition) is 3. The van der Waals surface area contributed by atoms with Gasteiger partial charge in [0.2, 0.25) is 0 Å². The molecule has 2 N–H and O–H groups in total. The zero-order valence-electron chi connectivity index (χ0n) is 12.3. The predicted molar refractivity (Wildman–Crippen MR) is 81.8 cm³/mol. The Labute approximate surface area is 129 Å². The summed E-state index contributed by atoms with van der Waals surface area (Å²) in [4.78, 5) is 23.4. The Morgan fingerprint density at radius 2 is 1.68 bits per heavy atom. The fourth-order valence-corrected chi connectivity index (χ4v) is 2.44. The summed E-state index contributed by atoms with van der Waals surface area (Å²) >= 11 is 0. The van der Waals surface area contributed by atoms with E-state index in [0.29, 0.717) is 5.56 Å². The SMILES string of the molecule is O=C(N/N=C\c1ccc(F)cc1)C(=O)NC1CCCCCC1. The standard InChI is InChI=1S/C16H20FN3O2/c17-13-9-7-12(8-10-13)11-18-20-16(22)15(21)19-14-5-3-1-2-4-6-14/h7-11,14H,1-6H2,(H,19,21)(H,20,22)/b18-11-. The molecule has 0 heterocycles. The average Bonchev–Trinajstić information content (AvgIpc) is 2.77. The number of rotatable bonds is 3. The van der Waals surface area contributed by atoms with Gasteiger partial charge in [-0.3, -0.25) is 9.59 Å². The molecule has 1 fully saturated rings. The van der Waals surface area contributed by atoms with Crippen LogP contribution in [-0.2, 0) is 9.59 Å². The van der Waals surface area contributed by atoms with Crippen molar-refractivity contribution in [3.63, 3.8) is 0 Å². The van der Waals surface area contributed by atoms with Gasteiger partial charge in [0.05, 0.1) is 6.21 Å². The van der Waals surface area contributed by atoms with Crippen molar-refractivity contribution >= 4 is 18.0 Å². The Bertz CT molecular complexity index is 535. The van der Waals surface area contributed by atoms with E-state index in [1.54, 1.807) is 0 Å². The van der Waals surface area contributed by atoms with E-state index in [9.17, 15) is 14.0 Å². The van der Waals surface area contributed by atoms with Gasteiger partial charge in [-0.2, -0.15) is 5.10 Å². The number of amides is 2. The van der Waals surface area contributed by atoms with Gasteiger partial charge in [-0.15, -0.1) is 0 Å². The van der Waals surface area contributed by atoms with Gasteiger partial charge < -0.3 is 5.32 Å². The maximum atomic E-state index is 12.7. The smallest absolute Gasteiger partial charge is 0.329 e. The number of benzene rings is 1. The van der Waals surface area contributed by atoms with Crippen molar-refractivity contribution in [2.24, 2.45) is 5.10 Å². The molecule has 6 heteroatoms. The molecule has 0 aliphatic heterocycles. The Balaban J connectivity index is 1.78. The number of hydrogen-bond donors (Lipinski definition) is 2. The molecule has 0 aromatic heterocycles. The lowest BCUT2D eigenvalue weighted by Crippen LogP contribution is -2.43. The quantitative estimate of drug-likeness (QED) is 0.389. The van der Waals surface area contributed by atoms with Crippen LogP contribution < -0.4 is 10.7 Å². The number of hydrazone groups is 1. The second-order valence-corrected chi connectivity index (χ2v) is 5.41. The van der Waals surface area contributed by atoms with E-state index in [1.165, 1.54) is 43.3 Å². The van der Waals surface area contributed by atoms with Gasteiger partial charge in [-0.05, 0) is 30.5 Å². The molecule has 1 aromatic carbocycles. The number of nitrogens with one attached hydrogen (secondary N) is 2. The summed E-state index contributed by atoms with van der Waals surface area (Å²) in [5, 5.41) is 6.44. The van der Waals surface area contributed by atoms with Crippen LogP contribution in [0.5, 0.6) is 0 Å². The van der Waals surface area contributed by atoms with Crippen LogP contribution in [0.4, 0.5) is 4.39 Å². The number of carbonyl (C=O) groups is 2. The minimum atomic E-state index is -0.789. The Kier molecular flexibility index (Phi) is 6.06. The summed E-state index contributed by atoms with van der Waals surface area (Å²) in [6.45, 7) is 0. The van der Waals surface area contributed by atoms with Crippen LogP contribution in [0, 0.1) is 5.82 Å². The number of carbonyl (C=O) groups excluding carboxylic acids is 2. The maximum absolute atomic E-state index is 12.7. The molecule has 22 heavy (non-hydrogen) atoms. The van der Waals surface area contributed by atoms with Crippen LogP contribution in [-0.4, -0.2) is 24.1 Å². The Hall–Kier alpha value is -2.24. The van der Waals surface area contributed by atoms with Gasteiger partial charge in [-0.25, -0.2) is 9.82 Å². The molecule has 0 unspecified atom stereocenters. The summed E-state index contributed by atoms with van der Waals surface area (Å²) in [6, 6.07) is 5.71. The molecule has 0 atom stereocenters. The highest BCUT2D eigenvalue weighted by atomic mass is 19.1. The molecule has 2 rings (SSSR count). The molecule has 1 saturated carbocycles. The van der Waals surface area contributed by atoms with E-state index < -0.39 is 11.8 Å². The molecule has 1 aromatic rings. The molecule has 5 nitrogen and oxygen atoms in total. The summed E-state index contributed by atoms with van der Waals surface area (Å²) in [5.41, 5.74) is 2.81. The molecule has 0 spiro atoms. The largest absolute Gasteiger partial charge is 0.345 e. The monoisotopic (exact) mass is 305 g/mol. The summed E-state index contributed by atoms with van der Waals surface area (Å²) in [7, 11) is 0. The summed E-state index contributed by atoms with van der Waals surface area (Å²) < 4.78 is 12.7. The normalized spacial score (nSPS) is 16.2. The van der Waals surface area contributed by atoms with E-state index in [-0.39, 0.29) is 11.9 Å². The minimum Gasteiger partial charge on any atom is -0.345 e. The van der Waals surface area contributed by atoms with Crippen molar-refractivity contribution in [2.45, 2.75) is 44.6 Å². The third-order valence-electron chi connectivity index (χ3n) is 3.65. The highest BCUT2D eigenvalue weighted by Crippen LogP contribution is 2.16. The highest BCUT2D eigenvalue weighted by molar-refractivity contribution is 6.35. The second-order valence-electron chi connectivity index (χ2n) is 5.41. The molecule has 0 bridgehead atoms. The van der Waals surface area contributed by atoms with Crippen molar-refractivity contribution in [1.29, 1.82) is 0 Å². The van der Waals surface area contributed by atoms with Crippen molar-refractivity contribution in [2.75, 3.05) is 0 Å². The van der Waals surface area contributed by atoms with Gasteiger partial charge in [0.1, 0.15) is 5.82 Å². The molecule has 0 radical (unpaired) electrons. The second kappa shape index (κ2) is 8.26. The fourth-order valence-electron chi connectivity index (χ4n) is 2.44. The minimum absolute atomic E-state index is 0.0711. The third-order valence-corrected chi connectivity index (χ3v) is 3.65. The first-order valence-corrected chi connectivity index (χ1v) is 7.54. The van der Waals surface area contributed by atoms with Crippen molar-refractivity contribution in [3.8, 4) is 0 Å². The molecule has 0 saturated heterocycles. The summed E-state index contributed by atoms with van der Waals surface area (Å²) in [5.74, 6) is -1.80. The van der Waals surface area contributed by atoms with Crippen molar-refractivity contribution in [1.82, 2.24) is 10.7 Å². The first-order chi connectivity index (χ1) is 10.6. The average molecular weight is 305 g/mol. The van der Waals surface area contributed by atoms with Crippen LogP contribution in [0.25, 0.3) is 0 Å². The lowest BCUT2D eigenvalue weighted by Gasteiger charge is -2.14. The highest BCUT2D eigenvalue weighted by Gasteiger charge is 2.19. The van der Waals surface area contributed by atoms with Gasteiger partial charge in [0, 0.05) is 6.04 Å². The Morgan fingerprint density at radius 1 is 1.05 bits per heavy atom. The summed E-state index contributed by atoms with van der Waals surface area (Å²) in [6.07, 6.45) is 7.71. The van der Waals surface area contributed by atoms with E-state index in [1.807, 2.05) is 0 Å². The molecular weight excluding hydrogens is 285 g/mol. The maximum Gasteiger partial charge on any atom is 0.329 e. The van der Waals surface area contributed by atoms with E-state index in [0.717, 1.165) is 25.7 Å². The van der Waals surface area contributed by atoms with Crippen LogP contribution in [0.1, 0.15) is 44.1 Å². The van der Waals surface area contributed by atoms with E-state index in [2.05, 4.69) is 15.8 Å². The molecule has 118 valence electrons. The van der Waals surface area contributed by atoms with Crippen LogP contribution >= 0.6 is 0 Å². The Morgan fingerprint density at radius 3 is 2.32 bits per heavy atom. The third kappa shape index (κ3) is 5.27. The first kappa shape index (κ1) is 16.1. The zero-order valence-corrected chi connectivity index (χ0v) is 12.3. The first-order valence-electron chi connectivity index (χ1n) is 7.54. The molecular formula is C16H20FN3O2. The van der Waals surface area contributed by atoms with Gasteiger partial charge in [0.25, 0.3) is 0 Å². The topological polar surface area (TPSA) is 70.6 Å². The van der Waals surface area contributed by atoms with Crippen LogP contribution in [0.15, 0.2) is 29.4 Å². The fraction of sp³-hybridized carbons (Fsp3) is 0.438. The molecule has 1 aliphatic rings. The van der Waals surface area contributed by atoms with E-state index in [4.69, 9.17) is 0 Å². The van der Waals surface area contributed by atoms with Gasteiger partial charge in [-0.1, -0.05) is 37.8 Å². The van der Waals surface area contributed by atoms with Crippen molar-refractivity contribution < 1.29 is 14.0 Å². The van der Waals surface area contributed by atoms with Crippen LogP contribution in [0.3, 0.4) is 0 Å². The zero-order chi connectivity index (χ0) is 15.8. The van der Waals surface area contributed by atoms with E-state index >= 15 is 0 Å². The van der Waals surface area contributed by atoms with Gasteiger partial charge in [0.15, 0.2) is 0 Å². The number of halogens is 1. The molecule has 2 amide bonds. The lowest BCUT2D eigenvalue weighted by molar-refractivity contribution is -0.139. The lowest BCUT2D eigenvalue weighted by atomic mass is 10.1. The number of nitrogens with zero attached hydrogens (tertiary/aromatic N) is 1. The van der Waals surface area contributed by atoms with Crippen LogP contribution in [0.2, 0.25) is 0 Å². The van der Waals surface area contributed by atoms with Gasteiger partial charge >= 0.3 is 11.8 Å². The predicted octanol–water partition coefficient (Wildman–Crippen LogP) is 2.11.